The molecule has 0 amide bonds. The molecule has 118 valence electrons. The molecule has 0 bridgehead atoms. The molecular weight excluding hydrogens is 252 g/mol. The zero-order valence-corrected chi connectivity index (χ0v) is 14.5. The van der Waals surface area contributed by atoms with Crippen molar-refractivity contribution >= 4 is 0 Å². The summed E-state index contributed by atoms with van der Waals surface area (Å²) in [5.74, 6) is 3.98. The van der Waals surface area contributed by atoms with Gasteiger partial charge >= 0.3 is 0 Å². The van der Waals surface area contributed by atoms with Gasteiger partial charge in [-0.2, -0.15) is 0 Å². The molecule has 0 heteroatoms. The first-order valence-corrected chi connectivity index (χ1v) is 9.80. The van der Waals surface area contributed by atoms with Gasteiger partial charge in [0, 0.05) is 0 Å². The summed E-state index contributed by atoms with van der Waals surface area (Å²) in [6.45, 7) is 7.72. The van der Waals surface area contributed by atoms with E-state index in [1.807, 2.05) is 5.57 Å². The van der Waals surface area contributed by atoms with Crippen LogP contribution in [-0.2, 0) is 0 Å². The average Bonchev–Trinajstić information content (AvgIpc) is 2.83. The van der Waals surface area contributed by atoms with E-state index >= 15 is 0 Å². The van der Waals surface area contributed by atoms with Crippen LogP contribution in [0, 0.1) is 34.5 Å². The minimum Gasteiger partial charge on any atom is -0.0842 e. The van der Waals surface area contributed by atoms with Crippen LogP contribution in [-0.4, -0.2) is 0 Å². The Morgan fingerprint density at radius 2 is 1.90 bits per heavy atom. The molecule has 0 unspecified atom stereocenters. The van der Waals surface area contributed by atoms with Crippen molar-refractivity contribution in [3.05, 3.63) is 11.6 Å². The van der Waals surface area contributed by atoms with Gasteiger partial charge in [0.25, 0.3) is 0 Å². The highest BCUT2D eigenvalue weighted by molar-refractivity contribution is 5.29. The monoisotopic (exact) mass is 286 g/mol. The Morgan fingerprint density at radius 1 is 1.05 bits per heavy atom. The number of allylic oxidation sites excluding steroid dienone is 2. The summed E-state index contributed by atoms with van der Waals surface area (Å²) in [6.07, 6.45) is 17.6. The predicted octanol–water partition coefficient (Wildman–Crippen LogP) is 6.37. The SMILES string of the molecule is CC[C@H]1CC=C2[C@@H]3CC[C@@H]4CCCC[C@]4(C)[C@H]3CC[C@@]21C. The molecule has 0 aliphatic heterocycles. The number of rotatable bonds is 1. The van der Waals surface area contributed by atoms with Gasteiger partial charge in [0.05, 0.1) is 0 Å². The van der Waals surface area contributed by atoms with Crippen LogP contribution in [0.1, 0.15) is 85.0 Å². The lowest BCUT2D eigenvalue weighted by molar-refractivity contribution is -0.0557. The highest BCUT2D eigenvalue weighted by atomic mass is 14.6. The quantitative estimate of drug-likeness (QED) is 0.492. The van der Waals surface area contributed by atoms with Gasteiger partial charge in [-0.3, -0.25) is 0 Å². The summed E-state index contributed by atoms with van der Waals surface area (Å²) in [5.41, 5.74) is 3.19. The average molecular weight is 287 g/mol. The van der Waals surface area contributed by atoms with Crippen molar-refractivity contribution in [1.29, 1.82) is 0 Å². The summed E-state index contributed by atoms with van der Waals surface area (Å²) in [6, 6.07) is 0. The van der Waals surface area contributed by atoms with E-state index in [0.29, 0.717) is 10.8 Å². The summed E-state index contributed by atoms with van der Waals surface area (Å²) in [7, 11) is 0. The van der Waals surface area contributed by atoms with Crippen LogP contribution in [0.3, 0.4) is 0 Å². The molecule has 0 aromatic carbocycles. The molecule has 4 aliphatic rings. The fraction of sp³-hybridized carbons (Fsp3) is 0.905. The van der Waals surface area contributed by atoms with E-state index in [1.54, 1.807) is 0 Å². The third-order valence-corrected chi connectivity index (χ3v) is 8.66. The molecule has 0 aromatic heterocycles. The fourth-order valence-corrected chi connectivity index (χ4v) is 7.33. The molecular formula is C21H34. The second-order valence-electron chi connectivity index (χ2n) is 9.20. The lowest BCUT2D eigenvalue weighted by Crippen LogP contribution is -2.50. The van der Waals surface area contributed by atoms with E-state index in [0.717, 1.165) is 23.7 Å². The molecule has 3 fully saturated rings. The maximum absolute atomic E-state index is 2.71. The van der Waals surface area contributed by atoms with Crippen molar-refractivity contribution in [3.63, 3.8) is 0 Å². The van der Waals surface area contributed by atoms with Gasteiger partial charge in [-0.1, -0.05) is 51.7 Å². The van der Waals surface area contributed by atoms with Crippen LogP contribution in [0.15, 0.2) is 11.6 Å². The zero-order chi connectivity index (χ0) is 14.7. The van der Waals surface area contributed by atoms with Crippen LogP contribution in [0.5, 0.6) is 0 Å². The molecule has 0 saturated heterocycles. The Balaban J connectivity index is 1.66. The summed E-state index contributed by atoms with van der Waals surface area (Å²) in [5, 5.41) is 0. The Morgan fingerprint density at radius 3 is 2.71 bits per heavy atom. The Kier molecular flexibility index (Phi) is 3.32. The van der Waals surface area contributed by atoms with Crippen LogP contribution >= 0.6 is 0 Å². The van der Waals surface area contributed by atoms with Gasteiger partial charge in [-0.25, -0.2) is 0 Å². The van der Waals surface area contributed by atoms with Crippen molar-refractivity contribution in [2.75, 3.05) is 0 Å². The van der Waals surface area contributed by atoms with Crippen LogP contribution in [0.4, 0.5) is 0 Å². The maximum atomic E-state index is 2.71. The molecule has 3 saturated carbocycles. The third kappa shape index (κ3) is 1.86. The van der Waals surface area contributed by atoms with Crippen LogP contribution < -0.4 is 0 Å². The van der Waals surface area contributed by atoms with E-state index < -0.39 is 0 Å². The predicted molar refractivity (Wildman–Crippen MR) is 90.1 cm³/mol. The number of fused-ring (bicyclic) bond motifs is 5. The van der Waals surface area contributed by atoms with Gasteiger partial charge in [-0.15, -0.1) is 0 Å². The Labute approximate surface area is 131 Å². The van der Waals surface area contributed by atoms with Crippen molar-refractivity contribution in [1.82, 2.24) is 0 Å². The topological polar surface area (TPSA) is 0 Å². The molecule has 0 spiro atoms. The molecule has 21 heavy (non-hydrogen) atoms. The smallest absolute Gasteiger partial charge is 0.00823 e. The van der Waals surface area contributed by atoms with Crippen LogP contribution in [0.2, 0.25) is 0 Å². The van der Waals surface area contributed by atoms with Gasteiger partial charge < -0.3 is 0 Å². The van der Waals surface area contributed by atoms with Gasteiger partial charge in [-0.05, 0) is 79.4 Å². The molecule has 0 heterocycles. The molecule has 4 rings (SSSR count). The van der Waals surface area contributed by atoms with Crippen molar-refractivity contribution in [2.24, 2.45) is 34.5 Å². The minimum atomic E-state index is 0.577. The third-order valence-electron chi connectivity index (χ3n) is 8.66. The van der Waals surface area contributed by atoms with Crippen molar-refractivity contribution < 1.29 is 0 Å². The van der Waals surface area contributed by atoms with Gasteiger partial charge in [0.2, 0.25) is 0 Å². The largest absolute Gasteiger partial charge is 0.0842 e. The van der Waals surface area contributed by atoms with Gasteiger partial charge in [0.15, 0.2) is 0 Å². The summed E-state index contributed by atoms with van der Waals surface area (Å²) in [4.78, 5) is 0. The second-order valence-corrected chi connectivity index (χ2v) is 9.20. The Hall–Kier alpha value is -0.260. The van der Waals surface area contributed by atoms with E-state index in [1.165, 1.54) is 64.2 Å². The standard InChI is InChI=1S/C21H34/c1-4-15-9-11-18-17-10-8-16-7-5-6-13-20(16,2)19(17)12-14-21(15,18)3/h11,15-17,19H,4-10,12-14H2,1-3H3/t15-,16-,17-,19-,20-,21+/m0/s1. The normalized spacial score (nSPS) is 52.6. The molecule has 0 nitrogen and oxygen atoms in total. The van der Waals surface area contributed by atoms with E-state index in [2.05, 4.69) is 26.8 Å². The Bertz CT molecular complexity index is 447. The molecule has 0 aromatic rings. The maximum Gasteiger partial charge on any atom is -0.00823 e. The summed E-state index contributed by atoms with van der Waals surface area (Å²) >= 11 is 0. The molecule has 4 aliphatic carbocycles. The van der Waals surface area contributed by atoms with E-state index in [4.69, 9.17) is 0 Å². The molecule has 0 radical (unpaired) electrons. The van der Waals surface area contributed by atoms with Crippen LogP contribution in [0.25, 0.3) is 0 Å². The lowest BCUT2D eigenvalue weighted by atomic mass is 9.46. The van der Waals surface area contributed by atoms with Gasteiger partial charge in [0.1, 0.15) is 0 Å². The highest BCUT2D eigenvalue weighted by Gasteiger charge is 2.56. The second kappa shape index (κ2) is 4.87. The lowest BCUT2D eigenvalue weighted by Gasteiger charge is -2.59. The van der Waals surface area contributed by atoms with E-state index in [-0.39, 0.29) is 0 Å². The first-order valence-electron chi connectivity index (χ1n) is 9.80. The number of hydrogen-bond donors (Lipinski definition) is 0. The van der Waals surface area contributed by atoms with Crippen molar-refractivity contribution in [3.8, 4) is 0 Å². The first-order chi connectivity index (χ1) is 10.1. The zero-order valence-electron chi connectivity index (χ0n) is 14.5. The van der Waals surface area contributed by atoms with Crippen molar-refractivity contribution in [2.45, 2.75) is 85.0 Å². The molecule has 6 atom stereocenters. The fourth-order valence-electron chi connectivity index (χ4n) is 7.33. The minimum absolute atomic E-state index is 0.577. The summed E-state index contributed by atoms with van der Waals surface area (Å²) < 4.78 is 0. The van der Waals surface area contributed by atoms with E-state index in [9.17, 15) is 0 Å². The molecule has 0 N–H and O–H groups in total. The first kappa shape index (κ1) is 14.3. The highest BCUT2D eigenvalue weighted by Crippen LogP contribution is 2.66. The number of hydrogen-bond acceptors (Lipinski definition) is 0.